The van der Waals surface area contributed by atoms with E-state index in [9.17, 15) is 4.79 Å². The second-order valence-electron chi connectivity index (χ2n) is 7.83. The quantitative estimate of drug-likeness (QED) is 0.775. The van der Waals surface area contributed by atoms with Gasteiger partial charge in [0.25, 0.3) is 0 Å². The SMILES string of the molecule is Cc1[nH]c2c(C)ccc(C)c2c1CC(=O)N1CCC[C@H](c2nncn2C)C1. The van der Waals surface area contributed by atoms with Crippen molar-refractivity contribution in [3.05, 3.63) is 46.7 Å². The summed E-state index contributed by atoms with van der Waals surface area (Å²) < 4.78 is 1.97. The zero-order valence-corrected chi connectivity index (χ0v) is 16.5. The molecule has 0 radical (unpaired) electrons. The van der Waals surface area contributed by atoms with Gasteiger partial charge in [-0.2, -0.15) is 0 Å². The molecule has 0 unspecified atom stereocenters. The Morgan fingerprint density at radius 1 is 1.26 bits per heavy atom. The van der Waals surface area contributed by atoms with E-state index in [4.69, 9.17) is 0 Å². The van der Waals surface area contributed by atoms with Crippen LogP contribution in [0.5, 0.6) is 0 Å². The van der Waals surface area contributed by atoms with Gasteiger partial charge in [0.2, 0.25) is 5.91 Å². The zero-order chi connectivity index (χ0) is 19.1. The summed E-state index contributed by atoms with van der Waals surface area (Å²) in [6.45, 7) is 7.85. The molecule has 1 fully saturated rings. The Bertz CT molecular complexity index is 1000. The molecular weight excluding hydrogens is 338 g/mol. The van der Waals surface area contributed by atoms with Crippen LogP contribution in [-0.2, 0) is 18.3 Å². The van der Waals surface area contributed by atoms with Crippen molar-refractivity contribution in [1.29, 1.82) is 0 Å². The van der Waals surface area contributed by atoms with Crippen LogP contribution in [0.3, 0.4) is 0 Å². The molecule has 2 aromatic heterocycles. The van der Waals surface area contributed by atoms with E-state index in [2.05, 4.69) is 48.1 Å². The lowest BCUT2D eigenvalue weighted by atomic mass is 9.96. The van der Waals surface area contributed by atoms with Crippen LogP contribution in [0.15, 0.2) is 18.5 Å². The molecule has 1 atom stereocenters. The second kappa shape index (κ2) is 6.83. The van der Waals surface area contributed by atoms with Crippen molar-refractivity contribution in [3.8, 4) is 0 Å². The summed E-state index contributed by atoms with van der Waals surface area (Å²) in [6.07, 6.45) is 4.24. The van der Waals surface area contributed by atoms with Crippen molar-refractivity contribution in [2.45, 2.75) is 46.0 Å². The highest BCUT2D eigenvalue weighted by Gasteiger charge is 2.28. The Morgan fingerprint density at radius 2 is 2.04 bits per heavy atom. The maximum absolute atomic E-state index is 13.1. The summed E-state index contributed by atoms with van der Waals surface area (Å²) in [5, 5.41) is 9.46. The molecular formula is C21H27N5O. The normalized spacial score (nSPS) is 17.6. The summed E-state index contributed by atoms with van der Waals surface area (Å²) in [6, 6.07) is 4.28. The van der Waals surface area contributed by atoms with Crippen LogP contribution in [0, 0.1) is 20.8 Å². The highest BCUT2D eigenvalue weighted by atomic mass is 16.2. The molecule has 1 saturated heterocycles. The van der Waals surface area contributed by atoms with Crippen LogP contribution in [0.2, 0.25) is 0 Å². The van der Waals surface area contributed by atoms with Gasteiger partial charge in [-0.15, -0.1) is 10.2 Å². The van der Waals surface area contributed by atoms with Crippen LogP contribution in [-0.4, -0.2) is 43.6 Å². The third kappa shape index (κ3) is 3.13. The maximum atomic E-state index is 13.1. The van der Waals surface area contributed by atoms with Gasteiger partial charge in [-0.25, -0.2) is 0 Å². The number of aromatic amines is 1. The molecule has 0 spiro atoms. The van der Waals surface area contributed by atoms with Gasteiger partial charge >= 0.3 is 0 Å². The molecule has 6 nitrogen and oxygen atoms in total. The zero-order valence-electron chi connectivity index (χ0n) is 16.5. The summed E-state index contributed by atoms with van der Waals surface area (Å²) in [4.78, 5) is 18.6. The van der Waals surface area contributed by atoms with Crippen molar-refractivity contribution in [1.82, 2.24) is 24.6 Å². The van der Waals surface area contributed by atoms with E-state index in [0.29, 0.717) is 6.42 Å². The third-order valence-corrected chi connectivity index (χ3v) is 5.90. The number of fused-ring (bicyclic) bond motifs is 1. The Morgan fingerprint density at radius 3 is 2.78 bits per heavy atom. The Labute approximate surface area is 159 Å². The number of aromatic nitrogens is 4. The van der Waals surface area contributed by atoms with Gasteiger partial charge in [-0.1, -0.05) is 12.1 Å². The molecule has 6 heteroatoms. The number of benzene rings is 1. The van der Waals surface area contributed by atoms with Crippen LogP contribution < -0.4 is 0 Å². The van der Waals surface area contributed by atoms with Gasteiger partial charge in [0.15, 0.2) is 0 Å². The molecule has 3 heterocycles. The first-order chi connectivity index (χ1) is 13.0. The Balaban J connectivity index is 1.58. The van der Waals surface area contributed by atoms with E-state index in [1.165, 1.54) is 16.5 Å². The first-order valence-corrected chi connectivity index (χ1v) is 9.64. The molecule has 1 aliphatic rings. The average molecular weight is 365 g/mol. The molecule has 0 aliphatic carbocycles. The summed E-state index contributed by atoms with van der Waals surface area (Å²) >= 11 is 0. The van der Waals surface area contributed by atoms with Crippen LogP contribution in [0.25, 0.3) is 10.9 Å². The maximum Gasteiger partial charge on any atom is 0.227 e. The molecule has 0 bridgehead atoms. The number of amides is 1. The van der Waals surface area contributed by atoms with Gasteiger partial charge in [-0.3, -0.25) is 4.79 Å². The summed E-state index contributed by atoms with van der Waals surface area (Å²) in [5.41, 5.74) is 5.83. The summed E-state index contributed by atoms with van der Waals surface area (Å²) in [5.74, 6) is 1.44. The van der Waals surface area contributed by atoms with Crippen molar-refractivity contribution in [3.63, 3.8) is 0 Å². The molecule has 1 amide bonds. The van der Waals surface area contributed by atoms with Crippen molar-refractivity contribution < 1.29 is 4.79 Å². The minimum atomic E-state index is 0.201. The number of hydrogen-bond acceptors (Lipinski definition) is 3. The van der Waals surface area contributed by atoms with E-state index in [1.54, 1.807) is 6.33 Å². The number of H-pyrrole nitrogens is 1. The van der Waals surface area contributed by atoms with Crippen LogP contribution in [0.4, 0.5) is 0 Å². The van der Waals surface area contributed by atoms with Gasteiger partial charge in [-0.05, 0) is 50.3 Å². The molecule has 27 heavy (non-hydrogen) atoms. The van der Waals surface area contributed by atoms with Gasteiger partial charge in [0.05, 0.1) is 6.42 Å². The number of hydrogen-bond donors (Lipinski definition) is 1. The predicted octanol–water partition coefficient (Wildman–Crippen LogP) is 3.17. The fourth-order valence-electron chi connectivity index (χ4n) is 4.37. The highest BCUT2D eigenvalue weighted by molar-refractivity contribution is 5.93. The lowest BCUT2D eigenvalue weighted by molar-refractivity contribution is -0.131. The van der Waals surface area contributed by atoms with Crippen LogP contribution in [0.1, 0.15) is 47.0 Å². The second-order valence-corrected chi connectivity index (χ2v) is 7.83. The lowest BCUT2D eigenvalue weighted by Gasteiger charge is -2.32. The number of likely N-dealkylation sites (tertiary alicyclic amines) is 1. The van der Waals surface area contributed by atoms with E-state index in [-0.39, 0.29) is 11.8 Å². The van der Waals surface area contributed by atoms with E-state index in [1.807, 2.05) is 16.5 Å². The minimum Gasteiger partial charge on any atom is -0.358 e. The van der Waals surface area contributed by atoms with Gasteiger partial charge < -0.3 is 14.5 Å². The molecule has 1 aromatic carbocycles. The van der Waals surface area contributed by atoms with Crippen molar-refractivity contribution >= 4 is 16.8 Å². The number of carbonyl (C=O) groups excluding carboxylic acids is 1. The van der Waals surface area contributed by atoms with E-state index >= 15 is 0 Å². The minimum absolute atomic E-state index is 0.201. The lowest BCUT2D eigenvalue weighted by Crippen LogP contribution is -2.40. The first-order valence-electron chi connectivity index (χ1n) is 9.64. The first kappa shape index (κ1) is 17.8. The number of nitrogens with one attached hydrogen (secondary N) is 1. The number of nitrogens with zero attached hydrogens (tertiary/aromatic N) is 4. The topological polar surface area (TPSA) is 66.8 Å². The Hall–Kier alpha value is -2.63. The van der Waals surface area contributed by atoms with E-state index in [0.717, 1.165) is 48.5 Å². The predicted molar refractivity (Wildman–Crippen MR) is 106 cm³/mol. The highest BCUT2D eigenvalue weighted by Crippen LogP contribution is 2.30. The number of rotatable bonds is 3. The average Bonchev–Trinajstić information content (AvgIpc) is 3.23. The monoisotopic (exact) mass is 365 g/mol. The van der Waals surface area contributed by atoms with Gasteiger partial charge in [0.1, 0.15) is 12.2 Å². The molecule has 4 rings (SSSR count). The molecule has 142 valence electrons. The standard InChI is InChI=1S/C21H27N5O/c1-13-7-8-14(2)20-19(13)17(15(3)23-20)10-18(27)26-9-5-6-16(11-26)21-24-22-12-25(21)4/h7-8,12,16,23H,5-6,9-11H2,1-4H3/t16-/m0/s1. The smallest absolute Gasteiger partial charge is 0.227 e. The third-order valence-electron chi connectivity index (χ3n) is 5.90. The number of piperidine rings is 1. The van der Waals surface area contributed by atoms with Gasteiger partial charge in [0, 0.05) is 42.7 Å². The molecule has 0 saturated carbocycles. The number of carbonyl (C=O) groups is 1. The van der Waals surface area contributed by atoms with E-state index < -0.39 is 0 Å². The number of aryl methyl sites for hydroxylation is 4. The largest absolute Gasteiger partial charge is 0.358 e. The fourth-order valence-corrected chi connectivity index (χ4v) is 4.37. The van der Waals surface area contributed by atoms with Crippen molar-refractivity contribution in [2.75, 3.05) is 13.1 Å². The molecule has 1 aliphatic heterocycles. The summed E-state index contributed by atoms with van der Waals surface area (Å²) in [7, 11) is 1.97. The van der Waals surface area contributed by atoms with Crippen LogP contribution >= 0.6 is 0 Å². The Kier molecular flexibility index (Phi) is 4.50. The fraction of sp³-hybridized carbons (Fsp3) is 0.476. The molecule has 1 N–H and O–H groups in total. The molecule has 3 aromatic rings. The van der Waals surface area contributed by atoms with Crippen molar-refractivity contribution in [2.24, 2.45) is 7.05 Å².